The Hall–Kier alpha value is -2.11. The molecule has 0 saturated carbocycles. The Balaban J connectivity index is 2.45. The van der Waals surface area contributed by atoms with Crippen molar-refractivity contribution >= 4 is 17.3 Å². The van der Waals surface area contributed by atoms with E-state index in [-0.39, 0.29) is 17.3 Å². The molecule has 2 atom stereocenters. The number of nitro benzene ring substituents is 1. The average Bonchev–Trinajstić information content (AvgIpc) is 2.67. The molecule has 0 spiro atoms. The van der Waals surface area contributed by atoms with Gasteiger partial charge in [0.1, 0.15) is 5.69 Å². The molecule has 1 aliphatic rings. The van der Waals surface area contributed by atoms with Crippen molar-refractivity contribution in [3.63, 3.8) is 0 Å². The minimum Gasteiger partial charge on any atom is -0.478 e. The summed E-state index contributed by atoms with van der Waals surface area (Å²) in [7, 11) is 0. The van der Waals surface area contributed by atoms with E-state index in [4.69, 9.17) is 5.11 Å². The van der Waals surface area contributed by atoms with Crippen molar-refractivity contribution in [3.05, 3.63) is 33.9 Å². The van der Waals surface area contributed by atoms with Gasteiger partial charge >= 0.3 is 5.97 Å². The lowest BCUT2D eigenvalue weighted by molar-refractivity contribution is -0.384. The summed E-state index contributed by atoms with van der Waals surface area (Å²) in [5.74, 6) is -0.675. The topological polar surface area (TPSA) is 83.7 Å². The van der Waals surface area contributed by atoms with Gasteiger partial charge in [-0.1, -0.05) is 6.92 Å². The van der Waals surface area contributed by atoms with Crippen LogP contribution in [-0.2, 0) is 0 Å². The molecule has 0 bridgehead atoms. The summed E-state index contributed by atoms with van der Waals surface area (Å²) in [6.07, 6.45) is 0.984. The molecule has 1 N–H and O–H groups in total. The van der Waals surface area contributed by atoms with Crippen LogP contribution >= 0.6 is 0 Å². The van der Waals surface area contributed by atoms with Crippen LogP contribution in [0.15, 0.2) is 18.2 Å². The molecule has 1 aromatic carbocycles. The molecule has 0 amide bonds. The van der Waals surface area contributed by atoms with Crippen LogP contribution < -0.4 is 4.90 Å². The van der Waals surface area contributed by atoms with Gasteiger partial charge in [0.15, 0.2) is 0 Å². The van der Waals surface area contributed by atoms with Crippen LogP contribution in [0.1, 0.15) is 30.6 Å². The number of nitrogens with zero attached hydrogens (tertiary/aromatic N) is 2. The Bertz CT molecular complexity index is 529. The molecular weight excluding hydrogens is 248 g/mol. The molecule has 1 fully saturated rings. The molecular formula is C13H16N2O4. The molecule has 0 aromatic heterocycles. The second-order valence-corrected chi connectivity index (χ2v) is 5.11. The van der Waals surface area contributed by atoms with Gasteiger partial charge in [-0.05, 0) is 31.4 Å². The van der Waals surface area contributed by atoms with Crippen molar-refractivity contribution in [2.75, 3.05) is 11.4 Å². The molecule has 1 heterocycles. The Labute approximate surface area is 110 Å². The number of anilines is 1. The molecule has 2 rings (SSSR count). The van der Waals surface area contributed by atoms with Gasteiger partial charge in [0.05, 0.1) is 10.5 Å². The number of rotatable bonds is 3. The number of benzene rings is 1. The third-order valence-electron chi connectivity index (χ3n) is 3.51. The van der Waals surface area contributed by atoms with Gasteiger partial charge in [0.2, 0.25) is 0 Å². The van der Waals surface area contributed by atoms with Crippen LogP contribution in [0.4, 0.5) is 11.4 Å². The zero-order chi connectivity index (χ0) is 14.2. The van der Waals surface area contributed by atoms with E-state index in [0.717, 1.165) is 19.0 Å². The van der Waals surface area contributed by atoms with Gasteiger partial charge in [-0.3, -0.25) is 10.1 Å². The maximum absolute atomic E-state index is 11.1. The largest absolute Gasteiger partial charge is 0.478 e. The monoisotopic (exact) mass is 264 g/mol. The van der Waals surface area contributed by atoms with Gasteiger partial charge in [-0.15, -0.1) is 0 Å². The quantitative estimate of drug-likeness (QED) is 0.670. The molecule has 6 nitrogen and oxygen atoms in total. The first-order valence-electron chi connectivity index (χ1n) is 6.18. The summed E-state index contributed by atoms with van der Waals surface area (Å²) in [6, 6.07) is 4.31. The summed E-state index contributed by atoms with van der Waals surface area (Å²) in [5, 5.41) is 20.0. The summed E-state index contributed by atoms with van der Waals surface area (Å²) < 4.78 is 0. The standard InChI is InChI=1S/C13H16N2O4/c1-8-5-9(2)14(7-8)11-4-3-10(13(16)17)6-12(11)15(18)19/h3-4,6,8-9H,5,7H2,1-2H3,(H,16,17). The first-order chi connectivity index (χ1) is 8.90. The first kappa shape index (κ1) is 13.3. The van der Waals surface area contributed by atoms with Crippen LogP contribution in [0.3, 0.4) is 0 Å². The lowest BCUT2D eigenvalue weighted by atomic mass is 10.1. The Morgan fingerprint density at radius 3 is 2.63 bits per heavy atom. The van der Waals surface area contributed by atoms with Gasteiger partial charge in [0, 0.05) is 18.7 Å². The van der Waals surface area contributed by atoms with E-state index in [2.05, 4.69) is 6.92 Å². The van der Waals surface area contributed by atoms with Crippen molar-refractivity contribution in [2.24, 2.45) is 5.92 Å². The summed E-state index contributed by atoms with van der Waals surface area (Å²) in [6.45, 7) is 4.89. The minimum absolute atomic E-state index is 0.0599. The highest BCUT2D eigenvalue weighted by Crippen LogP contribution is 2.35. The first-order valence-corrected chi connectivity index (χ1v) is 6.18. The maximum Gasteiger partial charge on any atom is 0.335 e. The lowest BCUT2D eigenvalue weighted by Gasteiger charge is -2.23. The summed E-state index contributed by atoms with van der Waals surface area (Å²) >= 11 is 0. The van der Waals surface area contributed by atoms with E-state index in [1.54, 1.807) is 0 Å². The number of carboxylic acids is 1. The molecule has 2 unspecified atom stereocenters. The van der Waals surface area contributed by atoms with Gasteiger partial charge < -0.3 is 10.0 Å². The molecule has 6 heteroatoms. The molecule has 0 aliphatic carbocycles. The van der Waals surface area contributed by atoms with E-state index in [1.807, 2.05) is 11.8 Å². The van der Waals surface area contributed by atoms with E-state index in [9.17, 15) is 14.9 Å². The smallest absolute Gasteiger partial charge is 0.335 e. The van der Waals surface area contributed by atoms with E-state index in [0.29, 0.717) is 11.6 Å². The Morgan fingerprint density at radius 1 is 1.47 bits per heavy atom. The predicted octanol–water partition coefficient (Wildman–Crippen LogP) is 2.53. The van der Waals surface area contributed by atoms with E-state index < -0.39 is 10.9 Å². The lowest BCUT2D eigenvalue weighted by Crippen LogP contribution is -2.27. The van der Waals surface area contributed by atoms with Crippen molar-refractivity contribution in [1.82, 2.24) is 0 Å². The van der Waals surface area contributed by atoms with Crippen molar-refractivity contribution in [2.45, 2.75) is 26.3 Å². The summed E-state index contributed by atoms with van der Waals surface area (Å²) in [5.41, 5.74) is 0.308. The zero-order valence-corrected chi connectivity index (χ0v) is 10.9. The van der Waals surface area contributed by atoms with Gasteiger partial charge in [-0.25, -0.2) is 4.79 Å². The fraction of sp³-hybridized carbons (Fsp3) is 0.462. The second kappa shape index (κ2) is 4.87. The predicted molar refractivity (Wildman–Crippen MR) is 70.6 cm³/mol. The number of carbonyl (C=O) groups is 1. The molecule has 1 saturated heterocycles. The van der Waals surface area contributed by atoms with Crippen LogP contribution in [0.5, 0.6) is 0 Å². The average molecular weight is 264 g/mol. The van der Waals surface area contributed by atoms with Gasteiger partial charge in [0.25, 0.3) is 5.69 Å². The number of nitro groups is 1. The molecule has 1 aliphatic heterocycles. The van der Waals surface area contributed by atoms with Crippen LogP contribution in [0.2, 0.25) is 0 Å². The fourth-order valence-corrected chi connectivity index (χ4v) is 2.68. The van der Waals surface area contributed by atoms with Crippen LogP contribution in [0.25, 0.3) is 0 Å². The Kier molecular flexibility index (Phi) is 3.42. The third-order valence-corrected chi connectivity index (χ3v) is 3.51. The fourth-order valence-electron chi connectivity index (χ4n) is 2.68. The third kappa shape index (κ3) is 2.52. The SMILES string of the molecule is CC1CC(C)N(c2ccc(C(=O)O)cc2[N+](=O)[O-])C1. The second-order valence-electron chi connectivity index (χ2n) is 5.11. The molecule has 19 heavy (non-hydrogen) atoms. The summed E-state index contributed by atoms with van der Waals surface area (Å²) in [4.78, 5) is 23.5. The van der Waals surface area contributed by atoms with Crippen LogP contribution in [-0.4, -0.2) is 28.6 Å². The molecule has 102 valence electrons. The van der Waals surface area contributed by atoms with Crippen LogP contribution in [0, 0.1) is 16.0 Å². The van der Waals surface area contributed by atoms with E-state index in [1.165, 1.54) is 12.1 Å². The molecule has 0 radical (unpaired) electrons. The zero-order valence-electron chi connectivity index (χ0n) is 10.9. The molecule has 1 aromatic rings. The number of carboxylic acid groups (broad SMARTS) is 1. The highest BCUT2D eigenvalue weighted by molar-refractivity contribution is 5.89. The normalized spacial score (nSPS) is 22.5. The number of aromatic carboxylic acids is 1. The maximum atomic E-state index is 11.1. The van der Waals surface area contributed by atoms with Crippen molar-refractivity contribution in [1.29, 1.82) is 0 Å². The van der Waals surface area contributed by atoms with Crippen molar-refractivity contribution < 1.29 is 14.8 Å². The minimum atomic E-state index is -1.16. The highest BCUT2D eigenvalue weighted by atomic mass is 16.6. The number of hydrogen-bond donors (Lipinski definition) is 1. The highest BCUT2D eigenvalue weighted by Gasteiger charge is 2.31. The number of hydrogen-bond acceptors (Lipinski definition) is 4. The van der Waals surface area contributed by atoms with E-state index >= 15 is 0 Å². The Morgan fingerprint density at radius 2 is 2.16 bits per heavy atom. The van der Waals surface area contributed by atoms with Gasteiger partial charge in [-0.2, -0.15) is 0 Å². The van der Waals surface area contributed by atoms with Crippen molar-refractivity contribution in [3.8, 4) is 0 Å².